The number of nitrogens with one attached hydrogen (secondary N) is 1. The van der Waals surface area contributed by atoms with Crippen LogP contribution < -0.4 is 11.1 Å². The quantitative estimate of drug-likeness (QED) is 0.858. The Labute approximate surface area is 109 Å². The van der Waals surface area contributed by atoms with Crippen LogP contribution in [0, 0.1) is 5.92 Å². The van der Waals surface area contributed by atoms with Crippen molar-refractivity contribution in [1.82, 2.24) is 0 Å². The van der Waals surface area contributed by atoms with Gasteiger partial charge in [-0.05, 0) is 37.8 Å². The van der Waals surface area contributed by atoms with Gasteiger partial charge in [0.25, 0.3) is 0 Å². The molecule has 3 heteroatoms. The number of hydrogen-bond donors (Lipinski definition) is 2. The van der Waals surface area contributed by atoms with Crippen LogP contribution in [0.3, 0.4) is 0 Å². The highest BCUT2D eigenvalue weighted by Crippen LogP contribution is 2.34. The van der Waals surface area contributed by atoms with Gasteiger partial charge in [0.2, 0.25) is 5.91 Å². The van der Waals surface area contributed by atoms with Crippen molar-refractivity contribution < 1.29 is 4.79 Å². The van der Waals surface area contributed by atoms with Crippen molar-refractivity contribution in [3.63, 3.8) is 0 Å². The molecule has 3 N–H and O–H groups in total. The van der Waals surface area contributed by atoms with E-state index in [0.29, 0.717) is 5.92 Å². The van der Waals surface area contributed by atoms with Gasteiger partial charge in [-0.3, -0.25) is 4.79 Å². The van der Waals surface area contributed by atoms with Gasteiger partial charge in [-0.15, -0.1) is 0 Å². The predicted molar refractivity (Wildman–Crippen MR) is 74.2 cm³/mol. The van der Waals surface area contributed by atoms with E-state index in [9.17, 15) is 4.79 Å². The zero-order valence-electron chi connectivity index (χ0n) is 11.0. The fraction of sp³-hybridized carbons (Fsp3) is 0.533. The highest BCUT2D eigenvalue weighted by molar-refractivity contribution is 5.88. The molecule has 1 aliphatic rings. The zero-order chi connectivity index (χ0) is 13.0. The maximum atomic E-state index is 11.9. The van der Waals surface area contributed by atoms with E-state index >= 15 is 0 Å². The van der Waals surface area contributed by atoms with Gasteiger partial charge in [0.05, 0.1) is 0 Å². The Bertz CT molecular complexity index is 398. The van der Waals surface area contributed by atoms with E-state index in [1.54, 1.807) is 0 Å². The molecule has 0 bridgehead atoms. The molecule has 98 valence electrons. The summed E-state index contributed by atoms with van der Waals surface area (Å²) in [6.07, 6.45) is 5.84. The fourth-order valence-electron chi connectivity index (χ4n) is 2.87. The molecule has 0 spiro atoms. The second kappa shape index (κ2) is 5.42. The third-order valence-corrected chi connectivity index (χ3v) is 4.11. The minimum Gasteiger partial charge on any atom is -0.371 e. The molecule has 1 aliphatic carbocycles. The molecule has 0 aliphatic heterocycles. The lowest BCUT2D eigenvalue weighted by Crippen LogP contribution is -2.54. The summed E-state index contributed by atoms with van der Waals surface area (Å²) in [4.78, 5) is 11.9. The van der Waals surface area contributed by atoms with Crippen LogP contribution in [0.25, 0.3) is 0 Å². The number of nitrogens with two attached hydrogens (primary N) is 1. The third kappa shape index (κ3) is 2.66. The molecule has 0 radical (unpaired) electrons. The van der Waals surface area contributed by atoms with E-state index < -0.39 is 5.54 Å². The van der Waals surface area contributed by atoms with Crippen LogP contribution >= 0.6 is 0 Å². The number of primary amides is 1. The van der Waals surface area contributed by atoms with E-state index in [0.717, 1.165) is 18.5 Å². The van der Waals surface area contributed by atoms with E-state index in [2.05, 4.69) is 5.32 Å². The molecule has 1 fully saturated rings. The molecule has 1 aromatic rings. The summed E-state index contributed by atoms with van der Waals surface area (Å²) in [5.74, 6) is 0.0854. The Morgan fingerprint density at radius 2 is 1.83 bits per heavy atom. The van der Waals surface area contributed by atoms with Crippen LogP contribution in [0.1, 0.15) is 39.0 Å². The molecule has 1 amide bonds. The normalized spacial score (nSPS) is 20.1. The summed E-state index contributed by atoms with van der Waals surface area (Å²) in [6.45, 7) is 1.94. The van der Waals surface area contributed by atoms with Gasteiger partial charge in [0.15, 0.2) is 0 Å². The van der Waals surface area contributed by atoms with Gasteiger partial charge in [-0.1, -0.05) is 37.5 Å². The topological polar surface area (TPSA) is 55.1 Å². The molecule has 1 aromatic carbocycles. The first kappa shape index (κ1) is 12.9. The van der Waals surface area contributed by atoms with Gasteiger partial charge < -0.3 is 11.1 Å². The third-order valence-electron chi connectivity index (χ3n) is 4.11. The maximum Gasteiger partial charge on any atom is 0.243 e. The standard InChI is InChI=1S/C15H22N2O/c1-15(14(16)18,12-8-4-2-5-9-12)17-13-10-6-3-7-11-13/h3,6-7,10-12,17H,2,4-5,8-9H2,1H3,(H2,16,18). The second-order valence-corrected chi connectivity index (χ2v) is 5.39. The Kier molecular flexibility index (Phi) is 3.90. The largest absolute Gasteiger partial charge is 0.371 e. The monoisotopic (exact) mass is 246 g/mol. The average Bonchev–Trinajstić information content (AvgIpc) is 2.40. The Hall–Kier alpha value is -1.51. The molecule has 18 heavy (non-hydrogen) atoms. The minimum absolute atomic E-state index is 0.252. The lowest BCUT2D eigenvalue weighted by atomic mass is 9.75. The first-order valence-corrected chi connectivity index (χ1v) is 6.76. The first-order chi connectivity index (χ1) is 8.63. The number of carbonyl (C=O) groups is 1. The van der Waals surface area contributed by atoms with Gasteiger partial charge >= 0.3 is 0 Å². The molecule has 1 unspecified atom stereocenters. The Morgan fingerprint density at radius 3 is 2.39 bits per heavy atom. The summed E-state index contributed by atoms with van der Waals surface area (Å²) >= 11 is 0. The highest BCUT2D eigenvalue weighted by Gasteiger charge is 2.40. The summed E-state index contributed by atoms with van der Waals surface area (Å²) in [5, 5.41) is 3.35. The average molecular weight is 246 g/mol. The van der Waals surface area contributed by atoms with Crippen molar-refractivity contribution >= 4 is 11.6 Å². The van der Waals surface area contributed by atoms with E-state index in [4.69, 9.17) is 5.73 Å². The van der Waals surface area contributed by atoms with Crippen molar-refractivity contribution in [1.29, 1.82) is 0 Å². The molecule has 0 heterocycles. The van der Waals surface area contributed by atoms with Crippen LogP contribution in [0.2, 0.25) is 0 Å². The fourth-order valence-corrected chi connectivity index (χ4v) is 2.87. The zero-order valence-corrected chi connectivity index (χ0v) is 11.0. The summed E-state index contributed by atoms with van der Waals surface area (Å²) in [5.41, 5.74) is 5.97. The molecule has 1 saturated carbocycles. The van der Waals surface area contributed by atoms with Gasteiger partial charge in [0.1, 0.15) is 5.54 Å². The van der Waals surface area contributed by atoms with Crippen LogP contribution in [0.5, 0.6) is 0 Å². The van der Waals surface area contributed by atoms with Crippen molar-refractivity contribution in [2.75, 3.05) is 5.32 Å². The second-order valence-electron chi connectivity index (χ2n) is 5.39. The number of carbonyl (C=O) groups excluding carboxylic acids is 1. The summed E-state index contributed by atoms with van der Waals surface area (Å²) < 4.78 is 0. The van der Waals surface area contributed by atoms with Crippen molar-refractivity contribution in [2.45, 2.75) is 44.6 Å². The van der Waals surface area contributed by atoms with Crippen LogP contribution in [-0.2, 0) is 4.79 Å². The summed E-state index contributed by atoms with van der Waals surface area (Å²) in [7, 11) is 0. The minimum atomic E-state index is -0.637. The number of para-hydroxylation sites is 1. The van der Waals surface area contributed by atoms with Crippen LogP contribution in [-0.4, -0.2) is 11.4 Å². The SMILES string of the molecule is CC(Nc1ccccc1)(C(N)=O)C1CCCCC1. The van der Waals surface area contributed by atoms with Crippen molar-refractivity contribution in [3.05, 3.63) is 30.3 Å². The molecule has 0 saturated heterocycles. The van der Waals surface area contributed by atoms with Gasteiger partial charge in [0, 0.05) is 5.69 Å². The highest BCUT2D eigenvalue weighted by atomic mass is 16.1. The van der Waals surface area contributed by atoms with Crippen molar-refractivity contribution in [3.8, 4) is 0 Å². The Balaban J connectivity index is 2.18. The van der Waals surface area contributed by atoms with E-state index in [1.807, 2.05) is 37.3 Å². The molecular weight excluding hydrogens is 224 g/mol. The van der Waals surface area contributed by atoms with E-state index in [1.165, 1.54) is 19.3 Å². The van der Waals surface area contributed by atoms with Gasteiger partial charge in [-0.25, -0.2) is 0 Å². The van der Waals surface area contributed by atoms with Gasteiger partial charge in [-0.2, -0.15) is 0 Å². The smallest absolute Gasteiger partial charge is 0.243 e. The van der Waals surface area contributed by atoms with Crippen LogP contribution in [0.15, 0.2) is 30.3 Å². The maximum absolute atomic E-state index is 11.9. The number of hydrogen-bond acceptors (Lipinski definition) is 2. The molecular formula is C15H22N2O. The molecule has 0 aromatic heterocycles. The summed E-state index contributed by atoms with van der Waals surface area (Å²) in [6, 6.07) is 9.84. The Morgan fingerprint density at radius 1 is 1.22 bits per heavy atom. The predicted octanol–water partition coefficient (Wildman–Crippen LogP) is 2.92. The molecule has 2 rings (SSSR count). The number of anilines is 1. The van der Waals surface area contributed by atoms with Crippen LogP contribution in [0.4, 0.5) is 5.69 Å². The number of benzene rings is 1. The lowest BCUT2D eigenvalue weighted by Gasteiger charge is -2.38. The number of rotatable bonds is 4. The van der Waals surface area contributed by atoms with Crippen molar-refractivity contribution in [2.24, 2.45) is 11.7 Å². The molecule has 3 nitrogen and oxygen atoms in total. The lowest BCUT2D eigenvalue weighted by molar-refractivity contribution is -0.123. The van der Waals surface area contributed by atoms with E-state index in [-0.39, 0.29) is 5.91 Å². The first-order valence-electron chi connectivity index (χ1n) is 6.76. The molecule has 1 atom stereocenters. The number of amides is 1.